The van der Waals surface area contributed by atoms with E-state index in [4.69, 9.17) is 4.74 Å². The topological polar surface area (TPSA) is 154 Å². The second-order valence-corrected chi connectivity index (χ2v) is 12.4. The Hall–Kier alpha value is -6.33. The van der Waals surface area contributed by atoms with Crippen LogP contribution in [0.5, 0.6) is 11.5 Å². The largest absolute Gasteiger partial charge is 0.507 e. The average molecular weight is 688 g/mol. The van der Waals surface area contributed by atoms with Gasteiger partial charge in [0.05, 0.1) is 5.25 Å². The van der Waals surface area contributed by atoms with E-state index in [1.165, 1.54) is 30.0 Å². The molecule has 0 saturated heterocycles. The molecule has 0 fully saturated rings. The van der Waals surface area contributed by atoms with E-state index in [1.54, 1.807) is 91.9 Å². The van der Waals surface area contributed by atoms with Crippen LogP contribution in [0.25, 0.3) is 6.08 Å². The molecule has 5 N–H and O–H groups in total. The molecule has 5 aromatic rings. The lowest BCUT2D eigenvalue weighted by Crippen LogP contribution is -2.30. The predicted octanol–water partition coefficient (Wildman–Crippen LogP) is 7.20. The van der Waals surface area contributed by atoms with Crippen LogP contribution in [-0.4, -0.2) is 39.2 Å². The lowest BCUT2D eigenvalue weighted by molar-refractivity contribution is -0.115. The van der Waals surface area contributed by atoms with Gasteiger partial charge in [0.1, 0.15) is 29.4 Å². The molecule has 0 aliphatic rings. The number of aromatic carboxylic acids is 1. The third kappa shape index (κ3) is 9.85. The summed E-state index contributed by atoms with van der Waals surface area (Å²) in [5.74, 6) is -2.49. The predicted molar refractivity (Wildman–Crippen MR) is 193 cm³/mol. The molecule has 0 aromatic heterocycles. The highest BCUT2D eigenvalue weighted by molar-refractivity contribution is 8.00. The molecule has 11 heteroatoms. The number of amides is 3. The fourth-order valence-electron chi connectivity index (χ4n) is 4.64. The molecule has 5 rings (SSSR count). The van der Waals surface area contributed by atoms with Crippen LogP contribution in [0.2, 0.25) is 0 Å². The third-order valence-corrected chi connectivity index (χ3v) is 8.33. The van der Waals surface area contributed by atoms with Gasteiger partial charge in [0, 0.05) is 21.8 Å². The molecule has 50 heavy (non-hydrogen) atoms. The molecule has 0 radical (unpaired) electrons. The summed E-state index contributed by atoms with van der Waals surface area (Å²) in [4.78, 5) is 51.6. The van der Waals surface area contributed by atoms with E-state index in [-0.39, 0.29) is 16.9 Å². The van der Waals surface area contributed by atoms with Crippen molar-refractivity contribution in [1.29, 1.82) is 0 Å². The van der Waals surface area contributed by atoms with Crippen LogP contribution >= 0.6 is 11.8 Å². The molecular formula is C39H33N3O7S. The van der Waals surface area contributed by atoms with Gasteiger partial charge in [-0.25, -0.2) is 4.79 Å². The van der Waals surface area contributed by atoms with Crippen molar-refractivity contribution >= 4 is 52.9 Å². The zero-order chi connectivity index (χ0) is 35.5. The number of ether oxygens (including phenoxy) is 1. The number of thioether (sulfide) groups is 1. The molecule has 1 unspecified atom stereocenters. The van der Waals surface area contributed by atoms with Crippen molar-refractivity contribution in [2.75, 3.05) is 10.6 Å². The molecule has 0 aliphatic heterocycles. The molecule has 0 bridgehead atoms. The second kappa shape index (κ2) is 16.7. The Morgan fingerprint density at radius 2 is 1.46 bits per heavy atom. The standard InChI is InChI=1S/C39H33N3O7S/c1-25(36(44)40-30-17-20-35(43)33(23-30)39(47)48)50-32-14-8-13-29(22-32)41-38(46)34(42-37(45)28-11-6-3-7-12-28)21-26-15-18-31(19-16-26)49-24-27-9-4-2-5-10-27/h2-23,25,43H,24H2,1H3,(H,40,44)(H,41,46)(H,42,45)(H,47,48)/b34-21+. The summed E-state index contributed by atoms with van der Waals surface area (Å²) in [6.45, 7) is 2.09. The van der Waals surface area contributed by atoms with Crippen molar-refractivity contribution in [3.63, 3.8) is 0 Å². The molecule has 0 saturated carbocycles. The van der Waals surface area contributed by atoms with Crippen LogP contribution in [0, 0.1) is 0 Å². The normalized spacial score (nSPS) is 11.6. The fraction of sp³-hybridized carbons (Fsp3) is 0.0769. The highest BCUT2D eigenvalue weighted by Crippen LogP contribution is 2.28. The van der Waals surface area contributed by atoms with E-state index in [2.05, 4.69) is 16.0 Å². The summed E-state index contributed by atoms with van der Waals surface area (Å²) in [5, 5.41) is 26.6. The first-order chi connectivity index (χ1) is 24.1. The van der Waals surface area contributed by atoms with E-state index in [0.29, 0.717) is 34.1 Å². The Labute approximate surface area is 292 Å². The third-order valence-electron chi connectivity index (χ3n) is 7.24. The van der Waals surface area contributed by atoms with Gasteiger partial charge in [-0.1, -0.05) is 66.7 Å². The van der Waals surface area contributed by atoms with Gasteiger partial charge in [0.15, 0.2) is 0 Å². The number of hydrogen-bond acceptors (Lipinski definition) is 7. The molecule has 0 spiro atoms. The van der Waals surface area contributed by atoms with E-state index in [1.807, 2.05) is 30.3 Å². The number of hydrogen-bond donors (Lipinski definition) is 5. The molecule has 0 aliphatic carbocycles. The van der Waals surface area contributed by atoms with Gasteiger partial charge in [-0.15, -0.1) is 11.8 Å². The summed E-state index contributed by atoms with van der Waals surface area (Å²) in [7, 11) is 0. The first-order valence-corrected chi connectivity index (χ1v) is 16.3. The average Bonchev–Trinajstić information content (AvgIpc) is 3.12. The number of phenols is 1. The Morgan fingerprint density at radius 1 is 0.780 bits per heavy atom. The summed E-state index contributed by atoms with van der Waals surface area (Å²) in [5.41, 5.74) is 2.41. The van der Waals surface area contributed by atoms with Gasteiger partial charge in [-0.3, -0.25) is 14.4 Å². The van der Waals surface area contributed by atoms with Gasteiger partial charge < -0.3 is 30.9 Å². The molecule has 10 nitrogen and oxygen atoms in total. The molecule has 5 aromatic carbocycles. The summed E-state index contributed by atoms with van der Waals surface area (Å²) in [6.07, 6.45) is 1.57. The van der Waals surface area contributed by atoms with Crippen molar-refractivity contribution in [3.8, 4) is 11.5 Å². The number of benzene rings is 5. The van der Waals surface area contributed by atoms with Crippen molar-refractivity contribution in [2.45, 2.75) is 23.7 Å². The van der Waals surface area contributed by atoms with E-state index in [9.17, 15) is 29.4 Å². The quantitative estimate of drug-likeness (QED) is 0.0495. The van der Waals surface area contributed by atoms with Crippen LogP contribution in [0.3, 0.4) is 0 Å². The first kappa shape index (κ1) is 35.0. The maximum Gasteiger partial charge on any atom is 0.339 e. The lowest BCUT2D eigenvalue weighted by Gasteiger charge is -2.14. The van der Waals surface area contributed by atoms with Gasteiger partial charge in [0.2, 0.25) is 5.91 Å². The zero-order valence-electron chi connectivity index (χ0n) is 26.8. The minimum absolute atomic E-state index is 0.0113. The number of aromatic hydroxyl groups is 1. The number of anilines is 2. The Bertz CT molecular complexity index is 2020. The Kier molecular flexibility index (Phi) is 11.7. The summed E-state index contributed by atoms with van der Waals surface area (Å²) < 4.78 is 5.87. The monoisotopic (exact) mass is 687 g/mol. The molecule has 3 amide bonds. The van der Waals surface area contributed by atoms with Crippen molar-refractivity contribution < 1.29 is 34.1 Å². The maximum absolute atomic E-state index is 13.6. The van der Waals surface area contributed by atoms with E-state index in [0.717, 1.165) is 5.56 Å². The highest BCUT2D eigenvalue weighted by atomic mass is 32.2. The first-order valence-electron chi connectivity index (χ1n) is 15.4. The van der Waals surface area contributed by atoms with E-state index >= 15 is 0 Å². The van der Waals surface area contributed by atoms with Crippen LogP contribution in [0.1, 0.15) is 38.8 Å². The fourth-order valence-corrected chi connectivity index (χ4v) is 5.57. The van der Waals surface area contributed by atoms with Crippen LogP contribution in [0.4, 0.5) is 11.4 Å². The van der Waals surface area contributed by atoms with Crippen molar-refractivity contribution in [1.82, 2.24) is 5.32 Å². The number of carboxylic acids is 1. The smallest absolute Gasteiger partial charge is 0.339 e. The maximum atomic E-state index is 13.6. The van der Waals surface area contributed by atoms with Crippen molar-refractivity contribution in [2.24, 2.45) is 0 Å². The minimum atomic E-state index is -1.32. The SMILES string of the molecule is CC(Sc1cccc(NC(=O)/C(=C\c2ccc(OCc3ccccc3)cc2)NC(=O)c2ccccc2)c1)C(=O)Nc1ccc(O)c(C(=O)O)c1. The molecule has 0 heterocycles. The Morgan fingerprint density at radius 3 is 2.16 bits per heavy atom. The van der Waals surface area contributed by atoms with Gasteiger partial charge in [-0.2, -0.15) is 0 Å². The van der Waals surface area contributed by atoms with Crippen LogP contribution in [0.15, 0.2) is 138 Å². The van der Waals surface area contributed by atoms with E-state index < -0.39 is 34.7 Å². The molecule has 252 valence electrons. The molecular weight excluding hydrogens is 655 g/mol. The zero-order valence-corrected chi connectivity index (χ0v) is 27.6. The second-order valence-electron chi connectivity index (χ2n) is 11.0. The Balaban J connectivity index is 1.28. The highest BCUT2D eigenvalue weighted by Gasteiger charge is 2.19. The summed E-state index contributed by atoms with van der Waals surface area (Å²) >= 11 is 1.22. The number of nitrogens with one attached hydrogen (secondary N) is 3. The van der Waals surface area contributed by atoms with Gasteiger partial charge >= 0.3 is 5.97 Å². The van der Waals surface area contributed by atoms with Crippen LogP contribution < -0.4 is 20.7 Å². The molecule has 1 atom stereocenters. The lowest BCUT2D eigenvalue weighted by atomic mass is 10.1. The summed E-state index contributed by atoms with van der Waals surface area (Å²) in [6, 6.07) is 36.1. The van der Waals surface area contributed by atoms with Gasteiger partial charge in [-0.05, 0) is 84.8 Å². The number of carbonyl (C=O) groups excluding carboxylic acids is 3. The number of rotatable bonds is 13. The van der Waals surface area contributed by atoms with Crippen LogP contribution in [-0.2, 0) is 16.2 Å². The minimum Gasteiger partial charge on any atom is -0.507 e. The number of carbonyl (C=O) groups is 4. The van der Waals surface area contributed by atoms with Crippen molar-refractivity contribution in [3.05, 3.63) is 155 Å². The number of carboxylic acid groups (broad SMARTS) is 1. The van der Waals surface area contributed by atoms with Gasteiger partial charge in [0.25, 0.3) is 11.8 Å².